The standard InChI is InChI=1S/C24H32N4O2/c1-4-5-6-24-26-16-21(27-24)18-28(17-20-9-12-25-13-10-20)14-11-19-7-8-22(29-2)23(15-19)30-3/h7-10,12-13,15-16H,4-6,11,14,17-18H2,1-3H3,(H,26,27). The van der Waals surface area contributed by atoms with E-state index in [0.717, 1.165) is 61.9 Å². The number of aryl methyl sites for hydroxylation is 1. The molecule has 6 nitrogen and oxygen atoms in total. The molecule has 1 N–H and O–H groups in total. The SMILES string of the molecule is CCCCc1ncc(CN(CCc2ccc(OC)c(OC)c2)Cc2ccncc2)[nH]1. The number of nitrogens with one attached hydrogen (secondary N) is 1. The van der Waals surface area contributed by atoms with Gasteiger partial charge in [-0.1, -0.05) is 19.4 Å². The molecule has 0 saturated heterocycles. The first-order chi connectivity index (χ1) is 14.7. The number of ether oxygens (including phenoxy) is 2. The third kappa shape index (κ3) is 6.32. The molecule has 1 aromatic carbocycles. The Morgan fingerprint density at radius 1 is 0.933 bits per heavy atom. The Kier molecular flexibility index (Phi) is 8.27. The topological polar surface area (TPSA) is 63.3 Å². The predicted octanol–water partition coefficient (Wildman–Crippen LogP) is 4.41. The molecule has 0 radical (unpaired) electrons. The molecule has 3 rings (SSSR count). The number of aromatic nitrogens is 3. The fraction of sp³-hybridized carbons (Fsp3) is 0.417. The molecule has 3 aromatic rings. The van der Waals surface area contributed by atoms with Crippen molar-refractivity contribution < 1.29 is 9.47 Å². The molecule has 0 saturated carbocycles. The number of imidazole rings is 1. The van der Waals surface area contributed by atoms with E-state index in [1.165, 1.54) is 17.5 Å². The van der Waals surface area contributed by atoms with Gasteiger partial charge in [0.2, 0.25) is 0 Å². The van der Waals surface area contributed by atoms with Crippen LogP contribution < -0.4 is 9.47 Å². The Hall–Kier alpha value is -2.86. The summed E-state index contributed by atoms with van der Waals surface area (Å²) < 4.78 is 10.8. The average molecular weight is 409 g/mol. The molecule has 30 heavy (non-hydrogen) atoms. The summed E-state index contributed by atoms with van der Waals surface area (Å²) in [5.41, 5.74) is 3.63. The van der Waals surface area contributed by atoms with Crippen molar-refractivity contribution in [2.75, 3.05) is 20.8 Å². The van der Waals surface area contributed by atoms with Crippen molar-refractivity contribution in [2.45, 2.75) is 45.7 Å². The summed E-state index contributed by atoms with van der Waals surface area (Å²) in [4.78, 5) is 14.6. The lowest BCUT2D eigenvalue weighted by atomic mass is 10.1. The Morgan fingerprint density at radius 2 is 1.73 bits per heavy atom. The average Bonchev–Trinajstić information content (AvgIpc) is 3.23. The molecular weight excluding hydrogens is 376 g/mol. The zero-order valence-corrected chi connectivity index (χ0v) is 18.2. The number of H-pyrrole nitrogens is 1. The molecule has 0 amide bonds. The van der Waals surface area contributed by atoms with Gasteiger partial charge in [0.25, 0.3) is 0 Å². The Balaban J connectivity index is 1.68. The van der Waals surface area contributed by atoms with Crippen LogP contribution in [-0.4, -0.2) is 40.6 Å². The van der Waals surface area contributed by atoms with E-state index in [1.807, 2.05) is 24.7 Å². The maximum atomic E-state index is 5.45. The number of nitrogens with zero attached hydrogens (tertiary/aromatic N) is 3. The molecule has 2 heterocycles. The van der Waals surface area contributed by atoms with Crippen molar-refractivity contribution in [3.05, 3.63) is 71.6 Å². The summed E-state index contributed by atoms with van der Waals surface area (Å²) in [6, 6.07) is 10.3. The van der Waals surface area contributed by atoms with E-state index in [-0.39, 0.29) is 0 Å². The summed E-state index contributed by atoms with van der Waals surface area (Å²) in [5, 5.41) is 0. The van der Waals surface area contributed by atoms with E-state index in [4.69, 9.17) is 9.47 Å². The molecule has 0 aliphatic heterocycles. The summed E-state index contributed by atoms with van der Waals surface area (Å²) >= 11 is 0. The van der Waals surface area contributed by atoms with Gasteiger partial charge >= 0.3 is 0 Å². The van der Waals surface area contributed by atoms with Crippen LogP contribution in [0.3, 0.4) is 0 Å². The van der Waals surface area contributed by atoms with Crippen molar-refractivity contribution in [2.24, 2.45) is 0 Å². The van der Waals surface area contributed by atoms with Gasteiger partial charge in [-0.15, -0.1) is 0 Å². The summed E-state index contributed by atoms with van der Waals surface area (Å²) in [7, 11) is 3.33. The number of pyridine rings is 1. The maximum Gasteiger partial charge on any atom is 0.160 e. The van der Waals surface area contributed by atoms with Gasteiger partial charge in [0, 0.05) is 50.3 Å². The van der Waals surface area contributed by atoms with E-state index >= 15 is 0 Å². The van der Waals surface area contributed by atoms with Crippen molar-refractivity contribution in [1.82, 2.24) is 19.9 Å². The molecule has 0 spiro atoms. The predicted molar refractivity (Wildman–Crippen MR) is 119 cm³/mol. The second-order valence-corrected chi connectivity index (χ2v) is 7.46. The zero-order chi connectivity index (χ0) is 21.2. The highest BCUT2D eigenvalue weighted by Gasteiger charge is 2.11. The summed E-state index contributed by atoms with van der Waals surface area (Å²) in [6.07, 6.45) is 9.93. The Labute approximate surface area is 179 Å². The highest BCUT2D eigenvalue weighted by Crippen LogP contribution is 2.27. The lowest BCUT2D eigenvalue weighted by molar-refractivity contribution is 0.257. The molecule has 0 aliphatic carbocycles. The highest BCUT2D eigenvalue weighted by molar-refractivity contribution is 5.42. The van der Waals surface area contributed by atoms with Gasteiger partial charge < -0.3 is 14.5 Å². The number of rotatable bonds is 12. The zero-order valence-electron chi connectivity index (χ0n) is 18.2. The number of hydrogen-bond donors (Lipinski definition) is 1. The van der Waals surface area contributed by atoms with Crippen molar-refractivity contribution >= 4 is 0 Å². The van der Waals surface area contributed by atoms with Gasteiger partial charge in [-0.2, -0.15) is 0 Å². The summed E-state index contributed by atoms with van der Waals surface area (Å²) in [5.74, 6) is 2.60. The van der Waals surface area contributed by atoms with E-state index in [9.17, 15) is 0 Å². The van der Waals surface area contributed by atoms with Crippen LogP contribution in [-0.2, 0) is 25.9 Å². The van der Waals surface area contributed by atoms with Gasteiger partial charge in [0.15, 0.2) is 11.5 Å². The third-order valence-corrected chi connectivity index (χ3v) is 5.16. The molecule has 160 valence electrons. The molecule has 0 aliphatic rings. The van der Waals surface area contributed by atoms with E-state index in [1.54, 1.807) is 14.2 Å². The highest BCUT2D eigenvalue weighted by atomic mass is 16.5. The second-order valence-electron chi connectivity index (χ2n) is 7.46. The van der Waals surface area contributed by atoms with Crippen molar-refractivity contribution in [3.8, 4) is 11.5 Å². The van der Waals surface area contributed by atoms with Crippen LogP contribution >= 0.6 is 0 Å². The minimum Gasteiger partial charge on any atom is -0.493 e. The smallest absolute Gasteiger partial charge is 0.160 e. The van der Waals surface area contributed by atoms with Crippen LogP contribution in [0.15, 0.2) is 48.9 Å². The monoisotopic (exact) mass is 408 g/mol. The van der Waals surface area contributed by atoms with Gasteiger partial charge in [0.1, 0.15) is 5.82 Å². The van der Waals surface area contributed by atoms with Gasteiger partial charge in [-0.3, -0.25) is 9.88 Å². The first-order valence-electron chi connectivity index (χ1n) is 10.6. The maximum absolute atomic E-state index is 5.45. The second kappa shape index (κ2) is 11.4. The van der Waals surface area contributed by atoms with Crippen LogP contribution in [0, 0.1) is 0 Å². The molecule has 0 unspecified atom stereocenters. The molecule has 0 atom stereocenters. The van der Waals surface area contributed by atoms with Crippen LogP contribution in [0.5, 0.6) is 11.5 Å². The Morgan fingerprint density at radius 3 is 2.47 bits per heavy atom. The third-order valence-electron chi connectivity index (χ3n) is 5.16. The number of benzene rings is 1. The Bertz CT molecular complexity index is 895. The van der Waals surface area contributed by atoms with Crippen LogP contribution in [0.25, 0.3) is 0 Å². The number of aromatic amines is 1. The normalized spacial score (nSPS) is 11.1. The fourth-order valence-corrected chi connectivity index (χ4v) is 3.48. The number of unbranched alkanes of at least 4 members (excludes halogenated alkanes) is 1. The lowest BCUT2D eigenvalue weighted by Gasteiger charge is -2.22. The minimum atomic E-state index is 0.756. The van der Waals surface area contributed by atoms with Crippen LogP contribution in [0.2, 0.25) is 0 Å². The van der Waals surface area contributed by atoms with Gasteiger partial charge in [-0.05, 0) is 48.2 Å². The quantitative estimate of drug-likeness (QED) is 0.481. The van der Waals surface area contributed by atoms with Crippen LogP contribution in [0.1, 0.15) is 42.4 Å². The molecular formula is C24H32N4O2. The summed E-state index contributed by atoms with van der Waals surface area (Å²) in [6.45, 7) is 4.81. The minimum absolute atomic E-state index is 0.756. The van der Waals surface area contributed by atoms with Crippen LogP contribution in [0.4, 0.5) is 0 Å². The first-order valence-corrected chi connectivity index (χ1v) is 10.6. The van der Waals surface area contributed by atoms with E-state index < -0.39 is 0 Å². The molecule has 0 bridgehead atoms. The number of methoxy groups -OCH3 is 2. The van der Waals surface area contributed by atoms with Crippen molar-refractivity contribution in [1.29, 1.82) is 0 Å². The first kappa shape index (κ1) is 21.8. The van der Waals surface area contributed by atoms with Gasteiger partial charge in [-0.25, -0.2) is 4.98 Å². The largest absolute Gasteiger partial charge is 0.493 e. The molecule has 0 fully saturated rings. The molecule has 2 aromatic heterocycles. The molecule has 6 heteroatoms. The van der Waals surface area contributed by atoms with Gasteiger partial charge in [0.05, 0.1) is 14.2 Å². The van der Waals surface area contributed by atoms with E-state index in [2.05, 4.69) is 51.0 Å². The lowest BCUT2D eigenvalue weighted by Crippen LogP contribution is -2.25. The van der Waals surface area contributed by atoms with E-state index in [0.29, 0.717) is 0 Å². The number of hydrogen-bond acceptors (Lipinski definition) is 5. The fourth-order valence-electron chi connectivity index (χ4n) is 3.48. The van der Waals surface area contributed by atoms with Crippen molar-refractivity contribution in [3.63, 3.8) is 0 Å².